The summed E-state index contributed by atoms with van der Waals surface area (Å²) in [6, 6.07) is 11.9. The Labute approximate surface area is 227 Å². The van der Waals surface area contributed by atoms with Crippen LogP contribution < -0.4 is 15.7 Å². The number of carbonyl (C=O) groups excluding carboxylic acids is 1. The molecule has 0 bridgehead atoms. The molecule has 2 saturated heterocycles. The number of aromatic nitrogens is 3. The van der Waals surface area contributed by atoms with Crippen molar-refractivity contribution in [1.82, 2.24) is 24.6 Å². The fraction of sp³-hybridized carbons (Fsp3) is 0.483. The average Bonchev–Trinajstić information content (AvgIpc) is 3.22. The molecule has 0 atom stereocenters. The number of benzene rings is 2. The van der Waals surface area contributed by atoms with E-state index in [0.717, 1.165) is 52.1 Å². The van der Waals surface area contributed by atoms with Crippen molar-refractivity contribution < 1.29 is 18.7 Å². The van der Waals surface area contributed by atoms with E-state index in [1.54, 1.807) is 0 Å². The molecule has 0 saturated carbocycles. The summed E-state index contributed by atoms with van der Waals surface area (Å²) in [5.41, 5.74) is 2.24. The van der Waals surface area contributed by atoms with Gasteiger partial charge in [-0.05, 0) is 69.0 Å². The predicted octanol–water partition coefficient (Wildman–Crippen LogP) is 3.03. The van der Waals surface area contributed by atoms with Crippen LogP contribution in [0.3, 0.4) is 0 Å². The summed E-state index contributed by atoms with van der Waals surface area (Å²) in [4.78, 5) is 28.5. The second-order valence-electron chi connectivity index (χ2n) is 10.9. The third-order valence-electron chi connectivity index (χ3n) is 7.59. The number of hydrogen-bond donors (Lipinski definition) is 1. The number of methoxy groups -OCH3 is 1. The average molecular weight is 538 g/mol. The van der Waals surface area contributed by atoms with Crippen molar-refractivity contribution in [2.24, 2.45) is 5.41 Å². The molecule has 3 heterocycles. The van der Waals surface area contributed by atoms with Gasteiger partial charge in [-0.3, -0.25) is 9.36 Å². The fourth-order valence-corrected chi connectivity index (χ4v) is 5.50. The smallest absolute Gasteiger partial charge is 0.351 e. The minimum absolute atomic E-state index is 0.0296. The summed E-state index contributed by atoms with van der Waals surface area (Å²) in [7, 11) is 1.37. The molecule has 2 aliphatic heterocycles. The first-order valence-electron chi connectivity index (χ1n) is 13.5. The van der Waals surface area contributed by atoms with Crippen LogP contribution in [0.15, 0.2) is 47.3 Å². The lowest BCUT2D eigenvalue weighted by atomic mass is 9.73. The molecule has 0 radical (unpaired) electrons. The number of hydrogen-bond acceptors (Lipinski definition) is 6. The van der Waals surface area contributed by atoms with Crippen LogP contribution in [0, 0.1) is 11.2 Å². The third-order valence-corrected chi connectivity index (χ3v) is 7.59. The predicted molar refractivity (Wildman–Crippen MR) is 146 cm³/mol. The van der Waals surface area contributed by atoms with Crippen molar-refractivity contribution in [3.05, 3.63) is 64.3 Å². The summed E-state index contributed by atoms with van der Waals surface area (Å²) in [5, 5.41) is 7.36. The van der Waals surface area contributed by atoms with Crippen LogP contribution in [0.25, 0.3) is 17.1 Å². The molecular formula is C29H36FN5O4. The van der Waals surface area contributed by atoms with Gasteiger partial charge in [-0.2, -0.15) is 4.68 Å². The van der Waals surface area contributed by atoms with Crippen molar-refractivity contribution in [2.75, 3.05) is 40.0 Å². The number of rotatable bonds is 9. The summed E-state index contributed by atoms with van der Waals surface area (Å²) in [6.45, 7) is 8.52. The van der Waals surface area contributed by atoms with Crippen molar-refractivity contribution in [3.63, 3.8) is 0 Å². The van der Waals surface area contributed by atoms with E-state index >= 15 is 0 Å². The van der Waals surface area contributed by atoms with Crippen LogP contribution in [-0.2, 0) is 22.5 Å². The normalized spacial score (nSPS) is 16.8. The van der Waals surface area contributed by atoms with Gasteiger partial charge in [-0.15, -0.1) is 5.10 Å². The molecule has 5 rings (SSSR count). The third kappa shape index (κ3) is 5.91. The number of nitrogens with one attached hydrogen (secondary N) is 1. The Morgan fingerprint density at radius 2 is 1.87 bits per heavy atom. The molecule has 208 valence electrons. The van der Waals surface area contributed by atoms with E-state index in [4.69, 9.17) is 9.47 Å². The van der Waals surface area contributed by atoms with Crippen LogP contribution in [-0.4, -0.2) is 71.2 Å². The monoisotopic (exact) mass is 537 g/mol. The van der Waals surface area contributed by atoms with E-state index in [0.29, 0.717) is 16.7 Å². The molecule has 2 aromatic carbocycles. The Morgan fingerprint density at radius 3 is 2.54 bits per heavy atom. The molecule has 1 spiro atoms. The molecule has 39 heavy (non-hydrogen) atoms. The van der Waals surface area contributed by atoms with Crippen LogP contribution in [0.1, 0.15) is 32.3 Å². The van der Waals surface area contributed by atoms with Gasteiger partial charge in [0.25, 0.3) is 0 Å². The lowest BCUT2D eigenvalue weighted by Gasteiger charge is -2.52. The Hall–Kier alpha value is -3.50. The number of amides is 1. The SMILES string of the molecule is COc1cc(-c2nn(-c3ccc(CCN4CC5(CCOCC5)C4)cc3)c(=O)n2CC(=O)NC(C)C)ccc1F. The van der Waals surface area contributed by atoms with Crippen molar-refractivity contribution in [3.8, 4) is 22.8 Å². The number of halogens is 1. The number of likely N-dealkylation sites (tertiary alicyclic amines) is 1. The number of ether oxygens (including phenoxy) is 2. The van der Waals surface area contributed by atoms with Crippen molar-refractivity contribution in [2.45, 2.75) is 45.7 Å². The lowest BCUT2D eigenvalue weighted by Crippen LogP contribution is -2.58. The molecule has 1 amide bonds. The van der Waals surface area contributed by atoms with Gasteiger partial charge in [0.2, 0.25) is 5.91 Å². The van der Waals surface area contributed by atoms with Crippen LogP contribution >= 0.6 is 0 Å². The largest absolute Gasteiger partial charge is 0.494 e. The first kappa shape index (κ1) is 27.1. The molecule has 2 fully saturated rings. The van der Waals surface area contributed by atoms with Gasteiger partial charge in [0, 0.05) is 49.9 Å². The molecule has 0 aliphatic carbocycles. The zero-order valence-electron chi connectivity index (χ0n) is 22.8. The highest BCUT2D eigenvalue weighted by Gasteiger charge is 2.43. The maximum Gasteiger partial charge on any atom is 0.351 e. The van der Waals surface area contributed by atoms with Gasteiger partial charge in [0.1, 0.15) is 6.54 Å². The minimum Gasteiger partial charge on any atom is -0.494 e. The van der Waals surface area contributed by atoms with Gasteiger partial charge in [0.15, 0.2) is 17.4 Å². The second kappa shape index (κ2) is 11.3. The summed E-state index contributed by atoms with van der Waals surface area (Å²) in [5.74, 6) is -0.558. The fourth-order valence-electron chi connectivity index (χ4n) is 5.50. The Kier molecular flexibility index (Phi) is 7.86. The van der Waals surface area contributed by atoms with E-state index < -0.39 is 11.5 Å². The molecule has 0 unspecified atom stereocenters. The highest BCUT2D eigenvalue weighted by atomic mass is 19.1. The molecule has 1 N–H and O–H groups in total. The van der Waals surface area contributed by atoms with Gasteiger partial charge in [-0.1, -0.05) is 12.1 Å². The Bertz CT molecular complexity index is 1370. The molecule has 1 aromatic heterocycles. The highest BCUT2D eigenvalue weighted by molar-refractivity contribution is 5.76. The zero-order valence-corrected chi connectivity index (χ0v) is 22.8. The number of carbonyl (C=O) groups is 1. The first-order valence-corrected chi connectivity index (χ1v) is 13.5. The zero-order chi connectivity index (χ0) is 27.6. The molecular weight excluding hydrogens is 501 g/mol. The Balaban J connectivity index is 1.35. The van der Waals surface area contributed by atoms with Crippen LogP contribution in [0.2, 0.25) is 0 Å². The lowest BCUT2D eigenvalue weighted by molar-refractivity contribution is -0.122. The van der Waals surface area contributed by atoms with E-state index in [1.165, 1.54) is 40.1 Å². The summed E-state index contributed by atoms with van der Waals surface area (Å²) < 4.78 is 27.3. The van der Waals surface area contributed by atoms with Crippen molar-refractivity contribution in [1.29, 1.82) is 0 Å². The van der Waals surface area contributed by atoms with Crippen LogP contribution in [0.5, 0.6) is 5.75 Å². The van der Waals surface area contributed by atoms with E-state index in [9.17, 15) is 14.0 Å². The highest BCUT2D eigenvalue weighted by Crippen LogP contribution is 2.39. The molecule has 9 nitrogen and oxygen atoms in total. The van der Waals surface area contributed by atoms with Crippen LogP contribution in [0.4, 0.5) is 4.39 Å². The van der Waals surface area contributed by atoms with Crippen molar-refractivity contribution >= 4 is 5.91 Å². The topological polar surface area (TPSA) is 90.6 Å². The maximum atomic E-state index is 14.1. The maximum absolute atomic E-state index is 14.1. The van der Waals surface area contributed by atoms with Gasteiger partial charge >= 0.3 is 5.69 Å². The quantitative estimate of drug-likeness (QED) is 0.451. The minimum atomic E-state index is -0.524. The Morgan fingerprint density at radius 1 is 1.15 bits per heavy atom. The second-order valence-corrected chi connectivity index (χ2v) is 10.9. The summed E-state index contributed by atoms with van der Waals surface area (Å²) in [6.07, 6.45) is 3.24. The van der Waals surface area contributed by atoms with Gasteiger partial charge < -0.3 is 19.7 Å². The molecule has 3 aromatic rings. The first-order chi connectivity index (χ1) is 18.8. The summed E-state index contributed by atoms with van der Waals surface area (Å²) >= 11 is 0. The number of nitrogens with zero attached hydrogens (tertiary/aromatic N) is 4. The van der Waals surface area contributed by atoms with E-state index in [2.05, 4.69) is 15.3 Å². The van der Waals surface area contributed by atoms with Gasteiger partial charge in [0.05, 0.1) is 12.8 Å². The molecule has 10 heteroatoms. The van der Waals surface area contributed by atoms with E-state index in [1.807, 2.05) is 38.1 Å². The van der Waals surface area contributed by atoms with Gasteiger partial charge in [-0.25, -0.2) is 9.18 Å². The molecule has 2 aliphatic rings. The standard InChI is InChI=1S/C29H36FN5O4/c1-20(2)31-26(36)17-34-27(22-6-9-24(30)25(16-22)38-3)32-35(28(34)37)23-7-4-21(5-8-23)10-13-33-18-29(19-33)11-14-39-15-12-29/h4-9,16,20H,10-15,17-19H2,1-3H3,(H,31,36). The van der Waals surface area contributed by atoms with E-state index in [-0.39, 0.29) is 30.1 Å².